The first-order valence-electron chi connectivity index (χ1n) is 21.2. The smallest absolute Gasteiger partial charge is 0.305 e. The standard InChI is InChI=1S/C41H82O11/c1-3-5-7-8-9-10-11-12-13-14-15-16-17-18-19-21-41(42)52-40-39-51-38-37-50-36-35-49-34-33-48-32-31-47-30-29-46-28-27-45-26-25-44-24-23-43-22-20-6-4-2/h3-40H2,1-2H3. The highest BCUT2D eigenvalue weighted by molar-refractivity contribution is 5.69. The number of esters is 1. The summed E-state index contributed by atoms with van der Waals surface area (Å²) in [6.45, 7) is 14.4. The molecule has 0 aliphatic carbocycles. The fraction of sp³-hybridized carbons (Fsp3) is 0.976. The van der Waals surface area contributed by atoms with Crippen molar-refractivity contribution >= 4 is 5.97 Å². The average molecular weight is 751 g/mol. The molecular weight excluding hydrogens is 668 g/mol. The van der Waals surface area contributed by atoms with Crippen LogP contribution < -0.4 is 0 Å². The molecule has 0 atom stereocenters. The van der Waals surface area contributed by atoms with Crippen molar-refractivity contribution in [1.29, 1.82) is 0 Å². The fourth-order valence-electron chi connectivity index (χ4n) is 5.24. The van der Waals surface area contributed by atoms with Crippen molar-refractivity contribution in [2.24, 2.45) is 0 Å². The number of hydrogen-bond donors (Lipinski definition) is 0. The van der Waals surface area contributed by atoms with Crippen molar-refractivity contribution in [3.8, 4) is 0 Å². The average Bonchev–Trinajstić information content (AvgIpc) is 3.15. The van der Waals surface area contributed by atoms with Gasteiger partial charge in [-0.15, -0.1) is 0 Å². The van der Waals surface area contributed by atoms with Gasteiger partial charge in [-0.1, -0.05) is 117 Å². The van der Waals surface area contributed by atoms with Crippen molar-refractivity contribution in [3.05, 3.63) is 0 Å². The van der Waals surface area contributed by atoms with Crippen LogP contribution in [0.15, 0.2) is 0 Å². The normalized spacial score (nSPS) is 11.5. The van der Waals surface area contributed by atoms with Crippen LogP contribution in [0.25, 0.3) is 0 Å². The Morgan fingerprint density at radius 3 is 0.808 bits per heavy atom. The summed E-state index contributed by atoms with van der Waals surface area (Å²) in [5, 5.41) is 0. The third-order valence-electron chi connectivity index (χ3n) is 8.34. The zero-order valence-corrected chi connectivity index (χ0v) is 33.9. The highest BCUT2D eigenvalue weighted by Gasteiger charge is 2.03. The van der Waals surface area contributed by atoms with Crippen molar-refractivity contribution < 1.29 is 52.2 Å². The van der Waals surface area contributed by atoms with Gasteiger partial charge in [-0.25, -0.2) is 0 Å². The van der Waals surface area contributed by atoms with Crippen LogP contribution in [0, 0.1) is 0 Å². The van der Waals surface area contributed by atoms with Gasteiger partial charge in [0.25, 0.3) is 0 Å². The molecule has 0 rings (SSSR count). The highest BCUT2D eigenvalue weighted by atomic mass is 16.6. The first kappa shape index (κ1) is 51.1. The van der Waals surface area contributed by atoms with Gasteiger partial charge < -0.3 is 47.4 Å². The van der Waals surface area contributed by atoms with Crippen LogP contribution in [0.5, 0.6) is 0 Å². The Kier molecular flexibility index (Phi) is 47.3. The number of ether oxygens (including phenoxy) is 10. The van der Waals surface area contributed by atoms with Gasteiger partial charge in [-0.2, -0.15) is 0 Å². The molecule has 11 heteroatoms. The summed E-state index contributed by atoms with van der Waals surface area (Å²) < 4.78 is 54.7. The van der Waals surface area contributed by atoms with Gasteiger partial charge in [0.15, 0.2) is 0 Å². The van der Waals surface area contributed by atoms with E-state index in [2.05, 4.69) is 13.8 Å². The molecule has 0 bridgehead atoms. The maximum absolute atomic E-state index is 11.9. The Labute approximate surface area is 319 Å². The van der Waals surface area contributed by atoms with Crippen LogP contribution in [0.3, 0.4) is 0 Å². The van der Waals surface area contributed by atoms with Crippen LogP contribution in [0.2, 0.25) is 0 Å². The number of carbonyl (C=O) groups excluding carboxylic acids is 1. The van der Waals surface area contributed by atoms with E-state index in [1.807, 2.05) is 0 Å². The zero-order chi connectivity index (χ0) is 37.5. The molecule has 0 saturated carbocycles. The molecule has 0 aliphatic heterocycles. The molecule has 0 unspecified atom stereocenters. The van der Waals surface area contributed by atoms with Crippen LogP contribution >= 0.6 is 0 Å². The second kappa shape index (κ2) is 48.1. The van der Waals surface area contributed by atoms with E-state index in [-0.39, 0.29) is 5.97 Å². The first-order valence-corrected chi connectivity index (χ1v) is 21.2. The van der Waals surface area contributed by atoms with Crippen molar-refractivity contribution in [3.63, 3.8) is 0 Å². The largest absolute Gasteiger partial charge is 0.463 e. The third-order valence-corrected chi connectivity index (χ3v) is 8.34. The summed E-state index contributed by atoms with van der Waals surface area (Å²) in [6.07, 6.45) is 23.8. The first-order chi connectivity index (χ1) is 25.8. The van der Waals surface area contributed by atoms with Crippen molar-refractivity contribution in [2.45, 2.75) is 136 Å². The Morgan fingerprint density at radius 1 is 0.269 bits per heavy atom. The topological polar surface area (TPSA) is 109 Å². The number of carbonyl (C=O) groups is 1. The third kappa shape index (κ3) is 47.1. The maximum Gasteiger partial charge on any atom is 0.305 e. The lowest BCUT2D eigenvalue weighted by Crippen LogP contribution is -2.15. The maximum atomic E-state index is 11.9. The van der Waals surface area contributed by atoms with Crippen LogP contribution in [0.4, 0.5) is 0 Å². The molecule has 0 radical (unpaired) electrons. The van der Waals surface area contributed by atoms with E-state index in [1.54, 1.807) is 0 Å². The Morgan fingerprint density at radius 2 is 0.500 bits per heavy atom. The molecule has 0 aromatic carbocycles. The fourth-order valence-corrected chi connectivity index (χ4v) is 5.24. The minimum Gasteiger partial charge on any atom is -0.463 e. The second-order valence-electron chi connectivity index (χ2n) is 13.1. The highest BCUT2D eigenvalue weighted by Crippen LogP contribution is 2.14. The molecule has 0 fully saturated rings. The molecule has 11 nitrogen and oxygen atoms in total. The van der Waals surface area contributed by atoms with Gasteiger partial charge in [0.05, 0.1) is 112 Å². The summed E-state index contributed by atoms with van der Waals surface area (Å²) in [5.41, 5.74) is 0. The molecule has 0 N–H and O–H groups in total. The zero-order valence-electron chi connectivity index (χ0n) is 33.9. The minimum atomic E-state index is -0.127. The second-order valence-corrected chi connectivity index (χ2v) is 13.1. The van der Waals surface area contributed by atoms with Gasteiger partial charge in [0, 0.05) is 13.0 Å². The van der Waals surface area contributed by atoms with E-state index < -0.39 is 0 Å². The molecule has 52 heavy (non-hydrogen) atoms. The van der Waals surface area contributed by atoms with Crippen LogP contribution in [-0.2, 0) is 52.2 Å². The quantitative estimate of drug-likeness (QED) is 0.0444. The van der Waals surface area contributed by atoms with E-state index in [1.165, 1.54) is 96.3 Å². The molecular formula is C41H82O11. The van der Waals surface area contributed by atoms with E-state index in [4.69, 9.17) is 47.4 Å². The van der Waals surface area contributed by atoms with Crippen molar-refractivity contribution in [2.75, 3.05) is 126 Å². The molecule has 0 saturated heterocycles. The number of hydrogen-bond acceptors (Lipinski definition) is 11. The molecule has 0 aliphatic rings. The monoisotopic (exact) mass is 751 g/mol. The predicted molar refractivity (Wildman–Crippen MR) is 207 cm³/mol. The van der Waals surface area contributed by atoms with Gasteiger partial charge in [-0.05, 0) is 12.8 Å². The Balaban J connectivity index is 3.13. The lowest BCUT2D eigenvalue weighted by Gasteiger charge is -2.09. The van der Waals surface area contributed by atoms with Crippen LogP contribution in [-0.4, -0.2) is 132 Å². The predicted octanol–water partition coefficient (Wildman–Crippen LogP) is 8.13. The Hall–Kier alpha value is -0.890. The molecule has 0 aromatic heterocycles. The van der Waals surface area contributed by atoms with Gasteiger partial charge in [0.2, 0.25) is 0 Å². The van der Waals surface area contributed by atoms with E-state index >= 15 is 0 Å². The molecule has 312 valence electrons. The molecule has 0 aromatic rings. The lowest BCUT2D eigenvalue weighted by atomic mass is 10.0. The molecule has 0 spiro atoms. The summed E-state index contributed by atoms with van der Waals surface area (Å²) in [7, 11) is 0. The molecule has 0 amide bonds. The van der Waals surface area contributed by atoms with Crippen molar-refractivity contribution in [1.82, 2.24) is 0 Å². The summed E-state index contributed by atoms with van der Waals surface area (Å²) in [4.78, 5) is 11.9. The van der Waals surface area contributed by atoms with Crippen LogP contribution in [0.1, 0.15) is 136 Å². The van der Waals surface area contributed by atoms with E-state index in [0.717, 1.165) is 25.9 Å². The number of rotatable bonds is 47. The Bertz CT molecular complexity index is 656. The van der Waals surface area contributed by atoms with Gasteiger partial charge in [-0.3, -0.25) is 4.79 Å². The summed E-state index contributed by atoms with van der Waals surface area (Å²) in [5.74, 6) is -0.127. The summed E-state index contributed by atoms with van der Waals surface area (Å²) in [6, 6.07) is 0. The van der Waals surface area contributed by atoms with Gasteiger partial charge >= 0.3 is 5.97 Å². The minimum absolute atomic E-state index is 0.127. The number of unbranched alkanes of at least 4 members (excludes halogenated alkanes) is 16. The SMILES string of the molecule is CCCCCCCCCCCCCCCCCC(=O)OCCOCCOCCOCCOCCOCCOCCOCCOCCOCCCCC. The van der Waals surface area contributed by atoms with E-state index in [9.17, 15) is 4.79 Å². The lowest BCUT2D eigenvalue weighted by molar-refractivity contribution is -0.145. The molecule has 0 heterocycles. The van der Waals surface area contributed by atoms with Gasteiger partial charge in [0.1, 0.15) is 6.61 Å². The summed E-state index contributed by atoms with van der Waals surface area (Å²) >= 11 is 0. The van der Waals surface area contributed by atoms with E-state index in [0.29, 0.717) is 125 Å².